The van der Waals surface area contributed by atoms with Crippen LogP contribution >= 0.6 is 0 Å². The summed E-state index contributed by atoms with van der Waals surface area (Å²) in [6.45, 7) is 5.95. The molecule has 1 aromatic rings. The van der Waals surface area contributed by atoms with Crippen LogP contribution in [0.2, 0.25) is 0 Å². The molecule has 2 aliphatic rings. The summed E-state index contributed by atoms with van der Waals surface area (Å²) in [5.74, 6) is -1.15. The monoisotopic (exact) mass is 474 g/mol. The van der Waals surface area contributed by atoms with Crippen molar-refractivity contribution in [1.82, 2.24) is 15.5 Å². The molecule has 10 nitrogen and oxygen atoms in total. The molecule has 2 atom stereocenters. The van der Waals surface area contributed by atoms with Gasteiger partial charge in [0.05, 0.1) is 25.7 Å². The molecule has 10 heteroatoms. The molecule has 186 valence electrons. The van der Waals surface area contributed by atoms with E-state index in [2.05, 4.69) is 16.0 Å². The highest BCUT2D eigenvalue weighted by Crippen LogP contribution is 2.14. The third-order valence-corrected chi connectivity index (χ3v) is 5.69. The molecular formula is C24H34N4O6. The number of anilines is 1. The van der Waals surface area contributed by atoms with E-state index >= 15 is 0 Å². The molecule has 0 saturated carbocycles. The van der Waals surface area contributed by atoms with E-state index in [-0.39, 0.29) is 49.3 Å². The average Bonchev–Trinajstić information content (AvgIpc) is 3.35. The van der Waals surface area contributed by atoms with Crippen LogP contribution in [0.5, 0.6) is 0 Å². The quantitative estimate of drug-likeness (QED) is 0.431. The summed E-state index contributed by atoms with van der Waals surface area (Å²) >= 11 is 0. The molecule has 2 heterocycles. The lowest BCUT2D eigenvalue weighted by molar-refractivity contribution is -0.152. The van der Waals surface area contributed by atoms with Crippen molar-refractivity contribution in [3.63, 3.8) is 0 Å². The van der Waals surface area contributed by atoms with Crippen molar-refractivity contribution >= 4 is 29.4 Å². The van der Waals surface area contributed by atoms with Gasteiger partial charge in [0.15, 0.2) is 0 Å². The van der Waals surface area contributed by atoms with Crippen LogP contribution in [0.25, 0.3) is 0 Å². The largest absolute Gasteiger partial charge is 0.465 e. The Morgan fingerprint density at radius 1 is 1.24 bits per heavy atom. The molecule has 3 amide bonds. The topological polar surface area (TPSA) is 126 Å². The molecule has 2 fully saturated rings. The fraction of sp³-hybridized carbons (Fsp3) is 0.583. The van der Waals surface area contributed by atoms with Gasteiger partial charge in [-0.2, -0.15) is 0 Å². The summed E-state index contributed by atoms with van der Waals surface area (Å²) in [4.78, 5) is 51.0. The number of ether oxygens (including phenoxy) is 2. The molecule has 0 spiro atoms. The van der Waals surface area contributed by atoms with Gasteiger partial charge < -0.3 is 30.3 Å². The highest BCUT2D eigenvalue weighted by Gasteiger charge is 2.35. The minimum Gasteiger partial charge on any atom is -0.465 e. The zero-order valence-electron chi connectivity index (χ0n) is 19.8. The summed E-state index contributed by atoms with van der Waals surface area (Å²) in [5, 5.41) is 8.59. The fourth-order valence-electron chi connectivity index (χ4n) is 3.83. The summed E-state index contributed by atoms with van der Waals surface area (Å²) < 4.78 is 10.7. The third-order valence-electron chi connectivity index (χ3n) is 5.69. The summed E-state index contributed by atoms with van der Waals surface area (Å²) in [6.07, 6.45) is 1.87. The Hall–Kier alpha value is -3.14. The fourth-order valence-corrected chi connectivity index (χ4v) is 3.83. The van der Waals surface area contributed by atoms with Gasteiger partial charge in [-0.3, -0.25) is 19.2 Å². The first kappa shape index (κ1) is 25.5. The highest BCUT2D eigenvalue weighted by atomic mass is 16.5. The first-order valence-electron chi connectivity index (χ1n) is 11.8. The van der Waals surface area contributed by atoms with E-state index in [1.807, 2.05) is 13.8 Å². The number of benzene rings is 1. The number of carbonyl (C=O) groups is 4. The van der Waals surface area contributed by atoms with Crippen molar-refractivity contribution in [3.8, 4) is 0 Å². The van der Waals surface area contributed by atoms with Crippen LogP contribution in [0, 0.1) is 5.92 Å². The molecule has 0 aliphatic carbocycles. The maximum Gasteiger partial charge on any atom is 0.308 e. The Morgan fingerprint density at radius 2 is 2.00 bits per heavy atom. The van der Waals surface area contributed by atoms with Gasteiger partial charge in [-0.15, -0.1) is 0 Å². The van der Waals surface area contributed by atoms with E-state index in [4.69, 9.17) is 9.47 Å². The van der Waals surface area contributed by atoms with Crippen LogP contribution in [0.1, 0.15) is 43.5 Å². The van der Waals surface area contributed by atoms with E-state index in [0.29, 0.717) is 30.9 Å². The molecule has 0 bridgehead atoms. The number of hydrogen-bond acceptors (Lipinski definition) is 7. The summed E-state index contributed by atoms with van der Waals surface area (Å²) in [7, 11) is 0. The van der Waals surface area contributed by atoms with Gasteiger partial charge in [0.2, 0.25) is 11.8 Å². The highest BCUT2D eigenvalue weighted by molar-refractivity contribution is 5.95. The number of piperazine rings is 1. The number of esters is 1. The number of nitrogens with zero attached hydrogens (tertiary/aromatic N) is 1. The van der Waals surface area contributed by atoms with Crippen LogP contribution in [0.3, 0.4) is 0 Å². The predicted octanol–water partition coefficient (Wildman–Crippen LogP) is 0.924. The molecular weight excluding hydrogens is 440 g/mol. The van der Waals surface area contributed by atoms with Crippen LogP contribution in [0.15, 0.2) is 24.3 Å². The number of nitrogens with one attached hydrogen (secondary N) is 3. The Bertz CT molecular complexity index is 867. The molecule has 0 radical (unpaired) electrons. The SMILES string of the molecule is CC(C)COC(=O)CC1C(=O)NCCN1C(=O)CNc1ccc(C(=O)NCC2CCCO2)cc1. The Labute approximate surface area is 199 Å². The maximum absolute atomic E-state index is 12.8. The van der Waals surface area contributed by atoms with E-state index in [9.17, 15) is 19.2 Å². The maximum atomic E-state index is 12.8. The van der Waals surface area contributed by atoms with Gasteiger partial charge >= 0.3 is 5.97 Å². The lowest BCUT2D eigenvalue weighted by Crippen LogP contribution is -2.58. The standard InChI is InChI=1S/C24H34N4O6/c1-16(2)15-34-22(30)12-20-24(32)25-9-10-28(20)21(29)14-26-18-7-5-17(6-8-18)23(31)27-13-19-4-3-11-33-19/h5-8,16,19-20,26H,3-4,9-15H2,1-2H3,(H,25,32)(H,27,31). The minimum absolute atomic E-state index is 0.0462. The van der Waals surface area contributed by atoms with E-state index < -0.39 is 12.0 Å². The van der Waals surface area contributed by atoms with Crippen molar-refractivity contribution in [2.75, 3.05) is 44.7 Å². The van der Waals surface area contributed by atoms with Crippen molar-refractivity contribution in [2.45, 2.75) is 45.3 Å². The molecule has 2 saturated heterocycles. The molecule has 0 aromatic heterocycles. The number of rotatable bonds is 10. The molecule has 2 unspecified atom stereocenters. The van der Waals surface area contributed by atoms with Crippen molar-refractivity contribution in [3.05, 3.63) is 29.8 Å². The Kier molecular flexibility index (Phi) is 9.26. The zero-order valence-corrected chi connectivity index (χ0v) is 19.8. The minimum atomic E-state index is -0.891. The summed E-state index contributed by atoms with van der Waals surface area (Å²) in [6, 6.07) is 5.91. The molecule has 2 aliphatic heterocycles. The van der Waals surface area contributed by atoms with Crippen molar-refractivity contribution < 1.29 is 28.7 Å². The lowest BCUT2D eigenvalue weighted by Gasteiger charge is -2.34. The zero-order chi connectivity index (χ0) is 24.5. The smallest absolute Gasteiger partial charge is 0.308 e. The second-order valence-corrected chi connectivity index (χ2v) is 8.95. The average molecular weight is 475 g/mol. The number of carbonyl (C=O) groups excluding carboxylic acids is 4. The molecule has 1 aromatic carbocycles. The Balaban J connectivity index is 1.49. The Morgan fingerprint density at radius 3 is 2.68 bits per heavy atom. The van der Waals surface area contributed by atoms with Crippen molar-refractivity contribution in [2.24, 2.45) is 5.92 Å². The van der Waals surface area contributed by atoms with Crippen molar-refractivity contribution in [1.29, 1.82) is 0 Å². The molecule has 3 N–H and O–H groups in total. The van der Waals surface area contributed by atoms with Crippen LogP contribution in [0.4, 0.5) is 5.69 Å². The molecule has 3 rings (SSSR count). The van der Waals surface area contributed by atoms with Gasteiger partial charge in [0.25, 0.3) is 5.91 Å². The number of amides is 3. The van der Waals surface area contributed by atoms with Gasteiger partial charge in [-0.05, 0) is 43.0 Å². The second-order valence-electron chi connectivity index (χ2n) is 8.95. The summed E-state index contributed by atoms with van der Waals surface area (Å²) in [5.41, 5.74) is 1.18. The van der Waals surface area contributed by atoms with E-state index in [1.54, 1.807) is 24.3 Å². The van der Waals surface area contributed by atoms with E-state index in [1.165, 1.54) is 4.90 Å². The van der Waals surface area contributed by atoms with Gasteiger partial charge in [0.1, 0.15) is 6.04 Å². The van der Waals surface area contributed by atoms with Crippen LogP contribution in [-0.4, -0.2) is 80.1 Å². The second kappa shape index (κ2) is 12.4. The van der Waals surface area contributed by atoms with Gasteiger partial charge in [0, 0.05) is 37.5 Å². The first-order valence-corrected chi connectivity index (χ1v) is 11.8. The van der Waals surface area contributed by atoms with Gasteiger partial charge in [-0.25, -0.2) is 0 Å². The van der Waals surface area contributed by atoms with Crippen LogP contribution < -0.4 is 16.0 Å². The van der Waals surface area contributed by atoms with Gasteiger partial charge in [-0.1, -0.05) is 13.8 Å². The molecule has 34 heavy (non-hydrogen) atoms. The lowest BCUT2D eigenvalue weighted by atomic mass is 10.1. The number of hydrogen-bond donors (Lipinski definition) is 3. The van der Waals surface area contributed by atoms with E-state index in [0.717, 1.165) is 19.4 Å². The van der Waals surface area contributed by atoms with Crippen LogP contribution in [-0.2, 0) is 23.9 Å². The first-order chi connectivity index (χ1) is 16.3. The third kappa shape index (κ3) is 7.44. The predicted molar refractivity (Wildman–Crippen MR) is 125 cm³/mol. The normalized spacial score (nSPS) is 20.1.